The first-order chi connectivity index (χ1) is 8.67. The van der Waals surface area contributed by atoms with Crippen LogP contribution in [0, 0.1) is 0 Å². The van der Waals surface area contributed by atoms with Gasteiger partial charge in [0.1, 0.15) is 5.75 Å². The van der Waals surface area contributed by atoms with E-state index in [2.05, 4.69) is 4.90 Å². The molecular weight excluding hydrogens is 230 g/mol. The van der Waals surface area contributed by atoms with Gasteiger partial charge in [0.15, 0.2) is 0 Å². The van der Waals surface area contributed by atoms with Crippen LogP contribution in [0.3, 0.4) is 0 Å². The summed E-state index contributed by atoms with van der Waals surface area (Å²) in [5, 5.41) is 8.71. The van der Waals surface area contributed by atoms with Gasteiger partial charge in [0, 0.05) is 18.7 Å². The maximum absolute atomic E-state index is 10.6. The Bertz CT molecular complexity index is 379. The Morgan fingerprint density at radius 2 is 2.06 bits per heavy atom. The maximum Gasteiger partial charge on any atom is 0.304 e. The number of hydrogen-bond acceptors (Lipinski definition) is 3. The minimum atomic E-state index is -0.758. The Labute approximate surface area is 108 Å². The summed E-state index contributed by atoms with van der Waals surface area (Å²) < 4.78 is 5.56. The highest BCUT2D eigenvalue weighted by molar-refractivity contribution is 5.66. The smallest absolute Gasteiger partial charge is 0.304 e. The average molecular weight is 251 g/mol. The topological polar surface area (TPSA) is 49.8 Å². The summed E-state index contributed by atoms with van der Waals surface area (Å²) in [5.74, 6) is 0.125. The summed E-state index contributed by atoms with van der Waals surface area (Å²) in [4.78, 5) is 12.7. The van der Waals surface area contributed by atoms with Crippen LogP contribution in [0.25, 0.3) is 0 Å². The molecule has 0 saturated carbocycles. The van der Waals surface area contributed by atoms with Crippen LogP contribution >= 0.6 is 0 Å². The Kier molecular flexibility index (Phi) is 6.22. The highest BCUT2D eigenvalue weighted by Gasteiger charge is 2.09. The van der Waals surface area contributed by atoms with Crippen molar-refractivity contribution in [3.8, 4) is 5.75 Å². The number of carboxylic acid groups (broad SMARTS) is 1. The van der Waals surface area contributed by atoms with Gasteiger partial charge in [0.2, 0.25) is 0 Å². The van der Waals surface area contributed by atoms with Crippen LogP contribution in [0.15, 0.2) is 24.3 Å². The summed E-state index contributed by atoms with van der Waals surface area (Å²) in [5.41, 5.74) is 1.10. The summed E-state index contributed by atoms with van der Waals surface area (Å²) in [6.07, 6.45) is 0.171. The van der Waals surface area contributed by atoms with E-state index in [1.807, 2.05) is 38.1 Å². The molecule has 0 radical (unpaired) electrons. The number of carbonyl (C=O) groups is 1. The van der Waals surface area contributed by atoms with Gasteiger partial charge in [-0.2, -0.15) is 0 Å². The third kappa shape index (κ3) is 4.75. The van der Waals surface area contributed by atoms with Gasteiger partial charge in [-0.25, -0.2) is 0 Å². The summed E-state index contributed by atoms with van der Waals surface area (Å²) in [7, 11) is 0. The van der Waals surface area contributed by atoms with Crippen molar-refractivity contribution in [2.75, 3.05) is 19.7 Å². The second kappa shape index (κ2) is 7.71. The van der Waals surface area contributed by atoms with E-state index >= 15 is 0 Å². The van der Waals surface area contributed by atoms with Crippen molar-refractivity contribution >= 4 is 5.97 Å². The molecule has 1 aromatic rings. The lowest BCUT2D eigenvalue weighted by Crippen LogP contribution is -2.26. The number of para-hydroxylation sites is 1. The van der Waals surface area contributed by atoms with Crippen LogP contribution in [0.4, 0.5) is 0 Å². The van der Waals surface area contributed by atoms with E-state index in [9.17, 15) is 4.79 Å². The lowest BCUT2D eigenvalue weighted by Gasteiger charge is -2.21. The number of ether oxygens (including phenoxy) is 1. The van der Waals surface area contributed by atoms with Crippen molar-refractivity contribution in [1.82, 2.24) is 4.90 Å². The van der Waals surface area contributed by atoms with Crippen molar-refractivity contribution in [3.63, 3.8) is 0 Å². The van der Waals surface area contributed by atoms with Gasteiger partial charge in [-0.1, -0.05) is 25.1 Å². The molecule has 0 fully saturated rings. The monoisotopic (exact) mass is 251 g/mol. The molecule has 0 aliphatic carbocycles. The lowest BCUT2D eigenvalue weighted by molar-refractivity contribution is -0.137. The van der Waals surface area contributed by atoms with Crippen LogP contribution in [-0.2, 0) is 11.3 Å². The fraction of sp³-hybridized carbons (Fsp3) is 0.500. The molecule has 0 amide bonds. The summed E-state index contributed by atoms with van der Waals surface area (Å²) in [6, 6.07) is 7.89. The second-order valence-electron chi connectivity index (χ2n) is 4.05. The standard InChI is InChI=1S/C14H21NO3/c1-3-15(10-9-14(16)17)11-12-7-5-6-8-13(12)18-4-2/h5-8H,3-4,9-11H2,1-2H3,(H,16,17). The number of aliphatic carboxylic acids is 1. The Hall–Kier alpha value is -1.55. The first-order valence-corrected chi connectivity index (χ1v) is 6.32. The molecule has 18 heavy (non-hydrogen) atoms. The van der Waals surface area contributed by atoms with Gasteiger partial charge in [-0.05, 0) is 19.5 Å². The number of nitrogens with zero attached hydrogens (tertiary/aromatic N) is 1. The van der Waals surface area contributed by atoms with E-state index in [0.717, 1.165) is 24.4 Å². The number of carboxylic acids is 1. The Morgan fingerprint density at radius 3 is 2.67 bits per heavy atom. The van der Waals surface area contributed by atoms with Crippen molar-refractivity contribution in [3.05, 3.63) is 29.8 Å². The molecule has 0 spiro atoms. The molecule has 0 unspecified atom stereocenters. The molecule has 0 bridgehead atoms. The van der Waals surface area contributed by atoms with Crippen LogP contribution in [0.1, 0.15) is 25.8 Å². The predicted molar refractivity (Wildman–Crippen MR) is 70.8 cm³/mol. The third-order valence-electron chi connectivity index (χ3n) is 2.76. The molecule has 4 nitrogen and oxygen atoms in total. The predicted octanol–water partition coefficient (Wildman–Crippen LogP) is 2.38. The van der Waals surface area contributed by atoms with Crippen molar-refractivity contribution < 1.29 is 14.6 Å². The second-order valence-corrected chi connectivity index (χ2v) is 4.05. The third-order valence-corrected chi connectivity index (χ3v) is 2.76. The molecule has 1 aromatic carbocycles. The van der Waals surface area contributed by atoms with Gasteiger partial charge in [0.05, 0.1) is 13.0 Å². The first kappa shape index (κ1) is 14.5. The van der Waals surface area contributed by atoms with Gasteiger partial charge in [-0.15, -0.1) is 0 Å². The largest absolute Gasteiger partial charge is 0.494 e. The molecule has 0 aliphatic heterocycles. The van der Waals surface area contributed by atoms with E-state index < -0.39 is 5.97 Å². The van der Waals surface area contributed by atoms with Crippen molar-refractivity contribution in [1.29, 1.82) is 0 Å². The van der Waals surface area contributed by atoms with Crippen LogP contribution in [0.5, 0.6) is 5.75 Å². The molecule has 4 heteroatoms. The van der Waals surface area contributed by atoms with E-state index in [1.165, 1.54) is 0 Å². The van der Waals surface area contributed by atoms with E-state index in [1.54, 1.807) is 0 Å². The van der Waals surface area contributed by atoms with E-state index in [4.69, 9.17) is 9.84 Å². The normalized spacial score (nSPS) is 10.6. The van der Waals surface area contributed by atoms with Gasteiger partial charge >= 0.3 is 5.97 Å². The summed E-state index contributed by atoms with van der Waals surface area (Å²) in [6.45, 7) is 6.74. The zero-order chi connectivity index (χ0) is 13.4. The highest BCUT2D eigenvalue weighted by Crippen LogP contribution is 2.19. The van der Waals surface area contributed by atoms with E-state index in [-0.39, 0.29) is 6.42 Å². The molecule has 100 valence electrons. The van der Waals surface area contributed by atoms with Gasteiger partial charge < -0.3 is 9.84 Å². The number of benzene rings is 1. The lowest BCUT2D eigenvalue weighted by atomic mass is 10.2. The first-order valence-electron chi connectivity index (χ1n) is 6.32. The number of hydrogen-bond donors (Lipinski definition) is 1. The van der Waals surface area contributed by atoms with Crippen molar-refractivity contribution in [2.24, 2.45) is 0 Å². The van der Waals surface area contributed by atoms with E-state index in [0.29, 0.717) is 13.2 Å². The maximum atomic E-state index is 10.6. The SMILES string of the molecule is CCOc1ccccc1CN(CC)CCC(=O)O. The van der Waals surface area contributed by atoms with Crippen LogP contribution < -0.4 is 4.74 Å². The zero-order valence-corrected chi connectivity index (χ0v) is 11.1. The quantitative estimate of drug-likeness (QED) is 0.770. The molecule has 0 atom stereocenters. The Morgan fingerprint density at radius 1 is 1.33 bits per heavy atom. The molecule has 0 aromatic heterocycles. The minimum Gasteiger partial charge on any atom is -0.494 e. The molecule has 0 heterocycles. The van der Waals surface area contributed by atoms with Crippen molar-refractivity contribution in [2.45, 2.75) is 26.8 Å². The fourth-order valence-corrected chi connectivity index (χ4v) is 1.77. The molecule has 1 rings (SSSR count). The molecule has 0 saturated heterocycles. The molecule has 0 aliphatic rings. The zero-order valence-electron chi connectivity index (χ0n) is 11.1. The van der Waals surface area contributed by atoms with Crippen LogP contribution in [-0.4, -0.2) is 35.7 Å². The van der Waals surface area contributed by atoms with Gasteiger partial charge in [0.25, 0.3) is 0 Å². The number of rotatable bonds is 8. The highest BCUT2D eigenvalue weighted by atomic mass is 16.5. The van der Waals surface area contributed by atoms with Crippen LogP contribution in [0.2, 0.25) is 0 Å². The molecular formula is C14H21NO3. The molecule has 1 N–H and O–H groups in total. The van der Waals surface area contributed by atoms with Gasteiger partial charge in [-0.3, -0.25) is 9.69 Å². The summed E-state index contributed by atoms with van der Waals surface area (Å²) >= 11 is 0. The minimum absolute atomic E-state index is 0.171. The Balaban J connectivity index is 2.65. The average Bonchev–Trinajstić information content (AvgIpc) is 2.36. The fourth-order valence-electron chi connectivity index (χ4n) is 1.77.